The van der Waals surface area contributed by atoms with Gasteiger partial charge >= 0.3 is 0 Å². The summed E-state index contributed by atoms with van der Waals surface area (Å²) in [5.74, 6) is 0. The molecule has 0 spiro atoms. The van der Waals surface area contributed by atoms with Gasteiger partial charge in [-0.15, -0.1) is 11.3 Å². The van der Waals surface area contributed by atoms with Crippen molar-refractivity contribution in [2.45, 2.75) is 17.1 Å². The van der Waals surface area contributed by atoms with Gasteiger partial charge in [0.15, 0.2) is 9.84 Å². The molecule has 0 amide bonds. The summed E-state index contributed by atoms with van der Waals surface area (Å²) in [6, 6.07) is 12.0. The average Bonchev–Trinajstić information content (AvgIpc) is 3.10. The molecule has 106 valence electrons. The zero-order valence-electron chi connectivity index (χ0n) is 11.4. The van der Waals surface area contributed by atoms with Crippen LogP contribution in [0.2, 0.25) is 0 Å². The maximum Gasteiger partial charge on any atom is 0.184 e. The smallest absolute Gasteiger partial charge is 0.184 e. The van der Waals surface area contributed by atoms with Crippen LogP contribution in [0.3, 0.4) is 0 Å². The van der Waals surface area contributed by atoms with Crippen LogP contribution in [0.1, 0.15) is 12.8 Å². The van der Waals surface area contributed by atoms with Crippen LogP contribution in [0.25, 0.3) is 10.4 Å². The van der Waals surface area contributed by atoms with Crippen molar-refractivity contribution in [3.8, 4) is 10.4 Å². The lowest BCUT2D eigenvalue weighted by atomic mass is 10.1. The fourth-order valence-corrected chi connectivity index (χ4v) is 4.42. The second kappa shape index (κ2) is 5.22. The summed E-state index contributed by atoms with van der Waals surface area (Å²) >= 11 is 1.33. The van der Waals surface area contributed by atoms with Gasteiger partial charge in [-0.25, -0.2) is 8.42 Å². The molecule has 0 radical (unpaired) electrons. The molecule has 0 bridgehead atoms. The Labute approximate surface area is 123 Å². The second-order valence-corrected chi connectivity index (χ2v) is 8.46. The van der Waals surface area contributed by atoms with Gasteiger partial charge in [0, 0.05) is 29.9 Å². The van der Waals surface area contributed by atoms with E-state index < -0.39 is 9.84 Å². The van der Waals surface area contributed by atoms with Crippen molar-refractivity contribution in [1.82, 2.24) is 0 Å². The predicted molar refractivity (Wildman–Crippen MR) is 84.3 cm³/mol. The minimum atomic E-state index is -3.10. The molecule has 0 saturated carbocycles. The third kappa shape index (κ3) is 2.74. The highest BCUT2D eigenvalue weighted by Crippen LogP contribution is 2.32. The highest BCUT2D eigenvalue weighted by atomic mass is 32.2. The summed E-state index contributed by atoms with van der Waals surface area (Å²) in [6.07, 6.45) is 3.79. The Morgan fingerprint density at radius 3 is 2.20 bits per heavy atom. The molecule has 5 heteroatoms. The number of anilines is 1. The molecule has 1 aromatic carbocycles. The molecule has 1 aliphatic heterocycles. The van der Waals surface area contributed by atoms with E-state index in [9.17, 15) is 8.42 Å². The zero-order valence-corrected chi connectivity index (χ0v) is 13.0. The van der Waals surface area contributed by atoms with E-state index in [1.807, 2.05) is 6.07 Å². The summed E-state index contributed by atoms with van der Waals surface area (Å²) < 4.78 is 23.4. The van der Waals surface area contributed by atoms with Crippen molar-refractivity contribution in [2.75, 3.05) is 24.2 Å². The van der Waals surface area contributed by atoms with Crippen LogP contribution in [-0.4, -0.2) is 27.8 Å². The van der Waals surface area contributed by atoms with Crippen molar-refractivity contribution in [3.05, 3.63) is 36.4 Å². The summed E-state index contributed by atoms with van der Waals surface area (Å²) in [6.45, 7) is 2.27. The van der Waals surface area contributed by atoms with Gasteiger partial charge in [-0.2, -0.15) is 0 Å². The van der Waals surface area contributed by atoms with Crippen LogP contribution in [0.5, 0.6) is 0 Å². The average molecular weight is 307 g/mol. The molecule has 1 saturated heterocycles. The number of sulfone groups is 1. The molecular formula is C15H17NO2S2. The Balaban J connectivity index is 1.85. The highest BCUT2D eigenvalue weighted by Gasteiger charge is 2.14. The topological polar surface area (TPSA) is 37.4 Å². The molecule has 1 fully saturated rings. The Morgan fingerprint density at radius 2 is 1.65 bits per heavy atom. The normalized spacial score (nSPS) is 15.8. The molecule has 0 unspecified atom stereocenters. The van der Waals surface area contributed by atoms with Gasteiger partial charge in [-0.05, 0) is 42.7 Å². The first kappa shape index (κ1) is 13.6. The maximum atomic E-state index is 11.5. The lowest BCUT2D eigenvalue weighted by Gasteiger charge is -2.17. The van der Waals surface area contributed by atoms with E-state index in [-0.39, 0.29) is 0 Å². The molecule has 0 aliphatic carbocycles. The molecule has 0 atom stereocenters. The van der Waals surface area contributed by atoms with Crippen LogP contribution in [0.15, 0.2) is 40.6 Å². The summed E-state index contributed by atoms with van der Waals surface area (Å²) in [5, 5.41) is 0. The first-order chi connectivity index (χ1) is 9.54. The first-order valence-electron chi connectivity index (χ1n) is 6.69. The Morgan fingerprint density at radius 1 is 1.00 bits per heavy atom. The van der Waals surface area contributed by atoms with Gasteiger partial charge in [0.2, 0.25) is 0 Å². The highest BCUT2D eigenvalue weighted by molar-refractivity contribution is 7.92. The van der Waals surface area contributed by atoms with Crippen molar-refractivity contribution >= 4 is 26.9 Å². The number of rotatable bonds is 3. The van der Waals surface area contributed by atoms with Crippen LogP contribution in [0.4, 0.5) is 5.69 Å². The Kier molecular flexibility index (Phi) is 3.56. The van der Waals surface area contributed by atoms with Crippen molar-refractivity contribution in [3.63, 3.8) is 0 Å². The van der Waals surface area contributed by atoms with E-state index >= 15 is 0 Å². The monoisotopic (exact) mass is 307 g/mol. The summed E-state index contributed by atoms with van der Waals surface area (Å²) in [7, 11) is -3.10. The zero-order chi connectivity index (χ0) is 14.2. The van der Waals surface area contributed by atoms with Gasteiger partial charge in [-0.3, -0.25) is 0 Å². The van der Waals surface area contributed by atoms with Gasteiger partial charge < -0.3 is 4.90 Å². The van der Waals surface area contributed by atoms with Gasteiger partial charge in [0.25, 0.3) is 0 Å². The van der Waals surface area contributed by atoms with Gasteiger partial charge in [0.05, 0.1) is 0 Å². The van der Waals surface area contributed by atoms with Crippen molar-refractivity contribution in [2.24, 2.45) is 0 Å². The van der Waals surface area contributed by atoms with Crippen LogP contribution >= 0.6 is 11.3 Å². The molecular weight excluding hydrogens is 290 g/mol. The fourth-order valence-electron chi connectivity index (χ4n) is 2.49. The number of hydrogen-bond acceptors (Lipinski definition) is 4. The minimum absolute atomic E-state index is 0.427. The SMILES string of the molecule is CS(=O)(=O)c1ccc(-c2ccc(N3CCCC3)cc2)s1. The molecule has 3 rings (SSSR count). The number of nitrogens with zero attached hydrogens (tertiary/aromatic N) is 1. The quantitative estimate of drug-likeness (QED) is 0.872. The van der Waals surface area contributed by atoms with E-state index in [2.05, 4.69) is 29.2 Å². The minimum Gasteiger partial charge on any atom is -0.372 e. The second-order valence-electron chi connectivity index (χ2n) is 5.13. The van der Waals surface area contributed by atoms with Crippen LogP contribution < -0.4 is 4.90 Å². The van der Waals surface area contributed by atoms with Crippen molar-refractivity contribution in [1.29, 1.82) is 0 Å². The number of thiophene rings is 1. The van der Waals surface area contributed by atoms with E-state index in [0.29, 0.717) is 4.21 Å². The number of benzene rings is 1. The first-order valence-corrected chi connectivity index (χ1v) is 9.40. The summed E-state index contributed by atoms with van der Waals surface area (Å²) in [4.78, 5) is 3.39. The van der Waals surface area contributed by atoms with E-state index in [1.54, 1.807) is 6.07 Å². The molecule has 1 aromatic heterocycles. The molecule has 2 aromatic rings. The van der Waals surface area contributed by atoms with E-state index in [0.717, 1.165) is 23.5 Å². The Bertz CT molecular complexity index is 696. The molecule has 1 aliphatic rings. The lowest BCUT2D eigenvalue weighted by Crippen LogP contribution is -2.17. The maximum absolute atomic E-state index is 11.5. The molecule has 20 heavy (non-hydrogen) atoms. The standard InChI is InChI=1S/C15H17NO2S2/c1-20(17,18)15-9-8-14(19-15)12-4-6-13(7-5-12)16-10-2-3-11-16/h4-9H,2-3,10-11H2,1H3. The van der Waals surface area contributed by atoms with E-state index in [4.69, 9.17) is 0 Å². The lowest BCUT2D eigenvalue weighted by molar-refractivity contribution is 0.604. The largest absolute Gasteiger partial charge is 0.372 e. The van der Waals surface area contributed by atoms with E-state index in [1.165, 1.54) is 36.1 Å². The third-order valence-electron chi connectivity index (χ3n) is 3.57. The van der Waals surface area contributed by atoms with Crippen molar-refractivity contribution < 1.29 is 8.42 Å². The molecule has 0 N–H and O–H groups in total. The van der Waals surface area contributed by atoms with Crippen LogP contribution in [0, 0.1) is 0 Å². The predicted octanol–water partition coefficient (Wildman–Crippen LogP) is 3.42. The van der Waals surface area contributed by atoms with Gasteiger partial charge in [-0.1, -0.05) is 12.1 Å². The number of hydrogen-bond donors (Lipinski definition) is 0. The molecule has 2 heterocycles. The third-order valence-corrected chi connectivity index (χ3v) is 6.52. The van der Waals surface area contributed by atoms with Gasteiger partial charge in [0.1, 0.15) is 4.21 Å². The fraction of sp³-hybridized carbons (Fsp3) is 0.333. The molecule has 3 nitrogen and oxygen atoms in total. The summed E-state index contributed by atoms with van der Waals surface area (Å²) in [5.41, 5.74) is 2.33. The Hall–Kier alpha value is -1.33. The van der Waals surface area contributed by atoms with Crippen LogP contribution in [-0.2, 0) is 9.84 Å².